The summed E-state index contributed by atoms with van der Waals surface area (Å²) < 4.78 is 13.8. The largest absolute Gasteiger partial charge is 0.383 e. The van der Waals surface area contributed by atoms with Gasteiger partial charge in [-0.3, -0.25) is 4.79 Å². The molecule has 1 aliphatic heterocycles. The molecule has 0 radical (unpaired) electrons. The number of nitrogens with one attached hydrogen (secondary N) is 1. The average Bonchev–Trinajstić information content (AvgIpc) is 3.08. The highest BCUT2D eigenvalue weighted by atomic mass is 16.5. The summed E-state index contributed by atoms with van der Waals surface area (Å²) in [4.78, 5) is 16.2. The van der Waals surface area contributed by atoms with E-state index in [0.717, 1.165) is 25.2 Å². The summed E-state index contributed by atoms with van der Waals surface area (Å²) in [5.41, 5.74) is 0. The average molecular weight is 349 g/mol. The second-order valence-electron chi connectivity index (χ2n) is 7.40. The fraction of sp³-hybridized carbons (Fsp3) is 0.789. The number of rotatable bonds is 6. The zero-order valence-electron chi connectivity index (χ0n) is 15.4. The molecule has 0 spiro atoms. The van der Waals surface area contributed by atoms with Crippen LogP contribution in [0.2, 0.25) is 0 Å². The van der Waals surface area contributed by atoms with E-state index in [9.17, 15) is 4.79 Å². The zero-order chi connectivity index (χ0) is 17.6. The molecule has 1 saturated carbocycles. The molecule has 3 rings (SSSR count). The topological polar surface area (TPSA) is 65.4 Å². The van der Waals surface area contributed by atoms with Crippen LogP contribution >= 0.6 is 0 Å². The Labute approximate surface area is 150 Å². The van der Waals surface area contributed by atoms with Crippen LogP contribution in [-0.4, -0.2) is 41.3 Å². The van der Waals surface area contributed by atoms with Crippen molar-refractivity contribution in [2.45, 2.75) is 76.7 Å². The van der Waals surface area contributed by atoms with Gasteiger partial charge in [-0.1, -0.05) is 19.3 Å². The highest BCUT2D eigenvalue weighted by Gasteiger charge is 2.37. The molecule has 3 atom stereocenters. The first-order chi connectivity index (χ1) is 12.2. The van der Waals surface area contributed by atoms with Gasteiger partial charge in [-0.15, -0.1) is 0 Å². The first-order valence-electron chi connectivity index (χ1n) is 9.60. The predicted octanol–water partition coefficient (Wildman–Crippen LogP) is 2.83. The molecule has 0 unspecified atom stereocenters. The van der Waals surface area contributed by atoms with Crippen molar-refractivity contribution in [3.8, 4) is 0 Å². The van der Waals surface area contributed by atoms with Gasteiger partial charge in [0.25, 0.3) is 0 Å². The van der Waals surface area contributed by atoms with Gasteiger partial charge in [0.15, 0.2) is 0 Å². The van der Waals surface area contributed by atoms with Crippen LogP contribution in [0.1, 0.15) is 63.8 Å². The maximum absolute atomic E-state index is 11.6. The van der Waals surface area contributed by atoms with Gasteiger partial charge in [-0.2, -0.15) is 0 Å². The molecule has 0 bridgehead atoms. The van der Waals surface area contributed by atoms with Crippen molar-refractivity contribution >= 4 is 5.91 Å². The monoisotopic (exact) mass is 349 g/mol. The SMILES string of the molecule is COCCn1ccnc1[C@@H]1C[C@H](NC(C)=O)C[C@H](C2CCCCC2)O1. The molecule has 6 heteroatoms. The fourth-order valence-electron chi connectivity index (χ4n) is 4.33. The molecule has 1 amide bonds. The molecule has 1 N–H and O–H groups in total. The van der Waals surface area contributed by atoms with Crippen LogP contribution in [0, 0.1) is 5.92 Å². The summed E-state index contributed by atoms with van der Waals surface area (Å²) in [6.07, 6.45) is 12.1. The lowest BCUT2D eigenvalue weighted by Gasteiger charge is -2.40. The number of amides is 1. The van der Waals surface area contributed by atoms with Crippen LogP contribution in [0.15, 0.2) is 12.4 Å². The maximum atomic E-state index is 11.6. The van der Waals surface area contributed by atoms with Gasteiger partial charge in [0.05, 0.1) is 12.7 Å². The fourth-order valence-corrected chi connectivity index (χ4v) is 4.33. The third-order valence-corrected chi connectivity index (χ3v) is 5.51. The number of hydrogen-bond acceptors (Lipinski definition) is 4. The van der Waals surface area contributed by atoms with Gasteiger partial charge in [0, 0.05) is 45.4 Å². The normalized spacial score (nSPS) is 28.0. The first kappa shape index (κ1) is 18.4. The van der Waals surface area contributed by atoms with Crippen molar-refractivity contribution < 1.29 is 14.3 Å². The van der Waals surface area contributed by atoms with E-state index in [1.807, 2.05) is 12.4 Å². The third kappa shape index (κ3) is 4.82. The van der Waals surface area contributed by atoms with Crippen LogP contribution in [-0.2, 0) is 20.8 Å². The molecular weight excluding hydrogens is 318 g/mol. The quantitative estimate of drug-likeness (QED) is 0.858. The molecule has 1 aromatic rings. The second-order valence-corrected chi connectivity index (χ2v) is 7.40. The molecule has 6 nitrogen and oxygen atoms in total. The number of imidazole rings is 1. The molecule has 2 aliphatic rings. The minimum absolute atomic E-state index is 0.0377. The van der Waals surface area contributed by atoms with Crippen LogP contribution in [0.5, 0.6) is 0 Å². The molecule has 25 heavy (non-hydrogen) atoms. The highest BCUT2D eigenvalue weighted by Crippen LogP contribution is 2.38. The standard InChI is InChI=1S/C19H31N3O3/c1-14(23)21-16-12-17(15-6-4-3-5-7-15)25-18(13-16)19-20-8-9-22(19)10-11-24-2/h8-9,15-18H,3-7,10-13H2,1-2H3,(H,21,23)/t16-,17-,18+/m1/s1. The summed E-state index contributed by atoms with van der Waals surface area (Å²) in [6, 6.07) is 0.163. The van der Waals surface area contributed by atoms with Gasteiger partial charge in [0.1, 0.15) is 11.9 Å². The molecule has 2 heterocycles. The number of hydrogen-bond donors (Lipinski definition) is 1. The van der Waals surface area contributed by atoms with E-state index in [2.05, 4.69) is 14.9 Å². The Balaban J connectivity index is 1.74. The van der Waals surface area contributed by atoms with Crippen LogP contribution < -0.4 is 5.32 Å². The zero-order valence-corrected chi connectivity index (χ0v) is 15.4. The highest BCUT2D eigenvalue weighted by molar-refractivity contribution is 5.73. The number of aromatic nitrogens is 2. The Hall–Kier alpha value is -1.40. The molecule has 1 saturated heterocycles. The number of nitrogens with zero attached hydrogens (tertiary/aromatic N) is 2. The van der Waals surface area contributed by atoms with Crippen molar-refractivity contribution in [1.29, 1.82) is 0 Å². The van der Waals surface area contributed by atoms with E-state index in [4.69, 9.17) is 9.47 Å². The van der Waals surface area contributed by atoms with E-state index < -0.39 is 0 Å². The lowest BCUT2D eigenvalue weighted by molar-refractivity contribution is -0.125. The summed E-state index contributed by atoms with van der Waals surface area (Å²) in [5, 5.41) is 3.12. The van der Waals surface area contributed by atoms with Gasteiger partial charge < -0.3 is 19.4 Å². The number of methoxy groups -OCH3 is 1. The smallest absolute Gasteiger partial charge is 0.217 e. The molecule has 1 aromatic heterocycles. The van der Waals surface area contributed by atoms with Crippen LogP contribution in [0.25, 0.3) is 0 Å². The Morgan fingerprint density at radius 2 is 2.16 bits per heavy atom. The van der Waals surface area contributed by atoms with Crippen molar-refractivity contribution in [2.75, 3.05) is 13.7 Å². The van der Waals surface area contributed by atoms with Crippen LogP contribution in [0.3, 0.4) is 0 Å². The Morgan fingerprint density at radius 1 is 1.36 bits per heavy atom. The van der Waals surface area contributed by atoms with Crippen molar-refractivity contribution in [1.82, 2.24) is 14.9 Å². The molecule has 2 fully saturated rings. The van der Waals surface area contributed by atoms with E-state index in [1.54, 1.807) is 14.0 Å². The minimum atomic E-state index is -0.0654. The van der Waals surface area contributed by atoms with Crippen molar-refractivity contribution in [3.63, 3.8) is 0 Å². The van der Waals surface area contributed by atoms with Gasteiger partial charge in [-0.05, 0) is 25.2 Å². The summed E-state index contributed by atoms with van der Waals surface area (Å²) in [7, 11) is 1.71. The van der Waals surface area contributed by atoms with E-state index in [1.165, 1.54) is 32.1 Å². The lowest BCUT2D eigenvalue weighted by atomic mass is 9.81. The molecule has 0 aromatic carbocycles. The van der Waals surface area contributed by atoms with E-state index >= 15 is 0 Å². The Kier molecular flexibility index (Phi) is 6.48. The summed E-state index contributed by atoms with van der Waals surface area (Å²) in [5.74, 6) is 1.60. The first-order valence-corrected chi connectivity index (χ1v) is 9.60. The predicted molar refractivity (Wildman–Crippen MR) is 95.1 cm³/mol. The summed E-state index contributed by atoms with van der Waals surface area (Å²) >= 11 is 0. The van der Waals surface area contributed by atoms with E-state index in [-0.39, 0.29) is 24.2 Å². The number of carbonyl (C=O) groups excluding carboxylic acids is 1. The molecule has 1 aliphatic carbocycles. The van der Waals surface area contributed by atoms with Gasteiger partial charge in [-0.25, -0.2) is 4.98 Å². The number of carbonyl (C=O) groups is 1. The molecule has 140 valence electrons. The summed E-state index contributed by atoms with van der Waals surface area (Å²) in [6.45, 7) is 3.02. The van der Waals surface area contributed by atoms with Gasteiger partial charge in [0.2, 0.25) is 5.91 Å². The lowest BCUT2D eigenvalue weighted by Crippen LogP contribution is -2.45. The Morgan fingerprint density at radius 3 is 2.88 bits per heavy atom. The minimum Gasteiger partial charge on any atom is -0.383 e. The maximum Gasteiger partial charge on any atom is 0.217 e. The Bertz CT molecular complexity index is 554. The molecular formula is C19H31N3O3. The van der Waals surface area contributed by atoms with Gasteiger partial charge >= 0.3 is 0 Å². The third-order valence-electron chi connectivity index (χ3n) is 5.51. The second kappa shape index (κ2) is 8.81. The number of ether oxygens (including phenoxy) is 2. The van der Waals surface area contributed by atoms with E-state index in [0.29, 0.717) is 12.5 Å². The van der Waals surface area contributed by atoms with Crippen LogP contribution in [0.4, 0.5) is 0 Å². The van der Waals surface area contributed by atoms with Crippen molar-refractivity contribution in [3.05, 3.63) is 18.2 Å². The van der Waals surface area contributed by atoms with Crippen molar-refractivity contribution in [2.24, 2.45) is 5.92 Å².